The first-order chi connectivity index (χ1) is 6.93. The van der Waals surface area contributed by atoms with Crippen LogP contribution in [-0.4, -0.2) is 50.7 Å². The minimum Gasteiger partial charge on any atom is -0.394 e. The van der Waals surface area contributed by atoms with Crippen LogP contribution in [0.1, 0.15) is 19.3 Å². The smallest absolute Gasteiger partial charge is 0.0698 e. The molecule has 0 aliphatic carbocycles. The van der Waals surface area contributed by atoms with Crippen LogP contribution >= 0.6 is 0 Å². The normalized spacial score (nSPS) is 21.6. The van der Waals surface area contributed by atoms with E-state index < -0.39 is 0 Å². The molecule has 0 spiro atoms. The number of aliphatic hydroxyl groups excluding tert-OH is 1. The fraction of sp³-hybridized carbons (Fsp3) is 1.00. The second-order valence-electron chi connectivity index (χ2n) is 3.51. The third-order valence-electron chi connectivity index (χ3n) is 2.33. The van der Waals surface area contributed by atoms with E-state index in [2.05, 4.69) is 5.32 Å². The fourth-order valence-corrected chi connectivity index (χ4v) is 1.57. The molecule has 1 aliphatic heterocycles. The summed E-state index contributed by atoms with van der Waals surface area (Å²) in [5, 5.41) is 11.7. The Kier molecular flexibility index (Phi) is 6.95. The molecule has 0 aromatic carbocycles. The van der Waals surface area contributed by atoms with E-state index in [1.807, 2.05) is 0 Å². The van der Waals surface area contributed by atoms with Gasteiger partial charge in [-0.1, -0.05) is 0 Å². The lowest BCUT2D eigenvalue weighted by Crippen LogP contribution is -2.24. The highest BCUT2D eigenvalue weighted by Gasteiger charge is 2.13. The number of hydrogen-bond acceptors (Lipinski definition) is 4. The predicted molar refractivity (Wildman–Crippen MR) is 54.4 cm³/mol. The lowest BCUT2D eigenvalue weighted by molar-refractivity contribution is 0.0899. The number of ether oxygens (including phenoxy) is 2. The van der Waals surface area contributed by atoms with Crippen molar-refractivity contribution in [1.29, 1.82) is 0 Å². The number of aliphatic hydroxyl groups is 1. The molecule has 0 aromatic heterocycles. The molecule has 1 atom stereocenters. The molecule has 0 aromatic rings. The van der Waals surface area contributed by atoms with Crippen LogP contribution in [0.3, 0.4) is 0 Å². The minimum absolute atomic E-state index is 0.107. The van der Waals surface area contributed by atoms with Crippen molar-refractivity contribution < 1.29 is 14.6 Å². The molecular formula is C10H21NO3. The van der Waals surface area contributed by atoms with Crippen LogP contribution in [0, 0.1) is 0 Å². The van der Waals surface area contributed by atoms with E-state index >= 15 is 0 Å². The molecule has 0 amide bonds. The standard InChI is InChI=1S/C10H21NO3/c12-6-9-13-8-5-11-4-3-10-2-1-7-14-10/h10-12H,1-9H2. The maximum Gasteiger partial charge on any atom is 0.0698 e. The number of rotatable bonds is 8. The Morgan fingerprint density at radius 1 is 1.36 bits per heavy atom. The van der Waals surface area contributed by atoms with Crippen molar-refractivity contribution in [2.45, 2.75) is 25.4 Å². The van der Waals surface area contributed by atoms with E-state index in [1.165, 1.54) is 12.8 Å². The van der Waals surface area contributed by atoms with Crippen molar-refractivity contribution in [3.05, 3.63) is 0 Å². The van der Waals surface area contributed by atoms with Crippen molar-refractivity contribution in [3.63, 3.8) is 0 Å². The fourth-order valence-electron chi connectivity index (χ4n) is 1.57. The molecule has 0 bridgehead atoms. The molecule has 2 N–H and O–H groups in total. The van der Waals surface area contributed by atoms with Crippen LogP contribution in [0.5, 0.6) is 0 Å². The Hall–Kier alpha value is -0.160. The summed E-state index contributed by atoms with van der Waals surface area (Å²) < 4.78 is 10.6. The Labute approximate surface area is 85.6 Å². The van der Waals surface area contributed by atoms with Gasteiger partial charge >= 0.3 is 0 Å². The van der Waals surface area contributed by atoms with E-state index in [0.29, 0.717) is 19.3 Å². The van der Waals surface area contributed by atoms with Gasteiger partial charge in [-0.2, -0.15) is 0 Å². The highest BCUT2D eigenvalue weighted by atomic mass is 16.5. The van der Waals surface area contributed by atoms with E-state index in [9.17, 15) is 0 Å². The van der Waals surface area contributed by atoms with Crippen molar-refractivity contribution in [2.75, 3.05) is 39.5 Å². The summed E-state index contributed by atoms with van der Waals surface area (Å²) in [5.41, 5.74) is 0. The van der Waals surface area contributed by atoms with Gasteiger partial charge in [0.15, 0.2) is 0 Å². The highest BCUT2D eigenvalue weighted by Crippen LogP contribution is 2.14. The SMILES string of the molecule is OCCOCCNCCC1CCCO1. The molecule has 4 heteroatoms. The van der Waals surface area contributed by atoms with E-state index in [-0.39, 0.29) is 6.61 Å². The Balaban J connectivity index is 1.75. The molecule has 1 saturated heterocycles. The van der Waals surface area contributed by atoms with Gasteiger partial charge in [-0.25, -0.2) is 0 Å². The number of hydrogen-bond donors (Lipinski definition) is 2. The largest absolute Gasteiger partial charge is 0.394 e. The molecule has 84 valence electrons. The molecular weight excluding hydrogens is 182 g/mol. The van der Waals surface area contributed by atoms with Crippen LogP contribution in [-0.2, 0) is 9.47 Å². The summed E-state index contributed by atoms with van der Waals surface area (Å²) in [4.78, 5) is 0. The highest BCUT2D eigenvalue weighted by molar-refractivity contribution is 4.65. The van der Waals surface area contributed by atoms with Crippen LogP contribution < -0.4 is 5.32 Å². The number of nitrogens with one attached hydrogen (secondary N) is 1. The maximum absolute atomic E-state index is 8.45. The van der Waals surface area contributed by atoms with E-state index in [1.54, 1.807) is 0 Å². The van der Waals surface area contributed by atoms with Gasteiger partial charge in [0.25, 0.3) is 0 Å². The molecule has 1 heterocycles. The van der Waals surface area contributed by atoms with Gasteiger partial charge in [-0.3, -0.25) is 0 Å². The topological polar surface area (TPSA) is 50.7 Å². The third kappa shape index (κ3) is 5.54. The monoisotopic (exact) mass is 203 g/mol. The van der Waals surface area contributed by atoms with Crippen molar-refractivity contribution >= 4 is 0 Å². The Morgan fingerprint density at radius 2 is 2.29 bits per heavy atom. The summed E-state index contributed by atoms with van der Waals surface area (Å²) in [6, 6.07) is 0. The van der Waals surface area contributed by atoms with Crippen molar-refractivity contribution in [3.8, 4) is 0 Å². The van der Waals surface area contributed by atoms with Gasteiger partial charge in [-0.15, -0.1) is 0 Å². The Bertz CT molecular complexity index is 127. The van der Waals surface area contributed by atoms with Crippen molar-refractivity contribution in [2.24, 2.45) is 0 Å². The van der Waals surface area contributed by atoms with Crippen molar-refractivity contribution in [1.82, 2.24) is 5.32 Å². The zero-order valence-corrected chi connectivity index (χ0v) is 8.71. The summed E-state index contributed by atoms with van der Waals surface area (Å²) in [6.45, 7) is 4.00. The second kappa shape index (κ2) is 8.17. The van der Waals surface area contributed by atoms with Crippen LogP contribution in [0.2, 0.25) is 0 Å². The van der Waals surface area contributed by atoms with E-state index in [4.69, 9.17) is 14.6 Å². The van der Waals surface area contributed by atoms with Crippen LogP contribution in [0.25, 0.3) is 0 Å². The van der Waals surface area contributed by atoms with E-state index in [0.717, 1.165) is 26.1 Å². The lowest BCUT2D eigenvalue weighted by Gasteiger charge is -2.09. The molecule has 0 radical (unpaired) electrons. The van der Waals surface area contributed by atoms with Gasteiger partial charge in [0.2, 0.25) is 0 Å². The first kappa shape index (κ1) is 11.9. The van der Waals surface area contributed by atoms with Gasteiger partial charge in [-0.05, 0) is 25.8 Å². The summed E-state index contributed by atoms with van der Waals surface area (Å²) in [6.07, 6.45) is 3.99. The molecule has 1 rings (SSSR count). The zero-order valence-electron chi connectivity index (χ0n) is 8.71. The first-order valence-electron chi connectivity index (χ1n) is 5.44. The predicted octanol–water partition coefficient (Wildman–Crippen LogP) is 0.154. The van der Waals surface area contributed by atoms with Crippen LogP contribution in [0.15, 0.2) is 0 Å². The lowest BCUT2D eigenvalue weighted by atomic mass is 10.2. The zero-order chi connectivity index (χ0) is 10.1. The van der Waals surface area contributed by atoms with Crippen LogP contribution in [0.4, 0.5) is 0 Å². The van der Waals surface area contributed by atoms with Gasteiger partial charge < -0.3 is 19.9 Å². The average molecular weight is 203 g/mol. The Morgan fingerprint density at radius 3 is 3.00 bits per heavy atom. The summed E-state index contributed by atoms with van der Waals surface area (Å²) >= 11 is 0. The maximum atomic E-state index is 8.45. The third-order valence-corrected chi connectivity index (χ3v) is 2.33. The first-order valence-corrected chi connectivity index (χ1v) is 5.44. The molecule has 1 fully saturated rings. The van der Waals surface area contributed by atoms with Gasteiger partial charge in [0, 0.05) is 13.2 Å². The average Bonchev–Trinajstić information content (AvgIpc) is 2.69. The molecule has 0 saturated carbocycles. The second-order valence-corrected chi connectivity index (χ2v) is 3.51. The quantitative estimate of drug-likeness (QED) is 0.552. The summed E-state index contributed by atoms with van der Waals surface area (Å²) in [5.74, 6) is 0. The van der Waals surface area contributed by atoms with Gasteiger partial charge in [0.05, 0.1) is 25.9 Å². The molecule has 1 unspecified atom stereocenters. The molecule has 14 heavy (non-hydrogen) atoms. The molecule has 1 aliphatic rings. The molecule has 4 nitrogen and oxygen atoms in total. The minimum atomic E-state index is 0.107. The van der Waals surface area contributed by atoms with Gasteiger partial charge in [0.1, 0.15) is 0 Å². The summed E-state index contributed by atoms with van der Waals surface area (Å²) in [7, 11) is 0.